The van der Waals surface area contributed by atoms with Gasteiger partial charge in [0.05, 0.1) is 42.3 Å². The van der Waals surface area contributed by atoms with Crippen LogP contribution in [0.4, 0.5) is 0 Å². The van der Waals surface area contributed by atoms with Crippen LogP contribution in [0.25, 0.3) is 11.5 Å². The minimum atomic E-state index is -1.53. The van der Waals surface area contributed by atoms with Crippen LogP contribution in [0.2, 0.25) is 0 Å². The van der Waals surface area contributed by atoms with Gasteiger partial charge in [0.1, 0.15) is 36.2 Å². The Morgan fingerprint density at radius 1 is 1.02 bits per heavy atom. The molecule has 292 valence electrons. The molecule has 0 saturated heterocycles. The normalized spacial score (nSPS) is 32.1. The Hall–Kier alpha value is -4.70. The maximum absolute atomic E-state index is 13.9. The number of hydrogen-bond donors (Lipinski definition) is 6. The number of rotatable bonds is 5. The van der Waals surface area contributed by atoms with Crippen LogP contribution in [-0.4, -0.2) is 101 Å². The number of ether oxygens (including phenoxy) is 4. The van der Waals surface area contributed by atoms with Gasteiger partial charge in [-0.25, -0.2) is 0 Å². The maximum atomic E-state index is 13.9. The molecule has 2 aliphatic heterocycles. The number of aliphatic hydroxyl groups excluding tert-OH is 4. The molecule has 1 aromatic carbocycles. The predicted octanol–water partition coefficient (Wildman–Crippen LogP) is 4.24. The number of ketones is 1. The third kappa shape index (κ3) is 9.84. The van der Waals surface area contributed by atoms with Gasteiger partial charge in [-0.15, -0.1) is 0 Å². The van der Waals surface area contributed by atoms with Crippen molar-refractivity contribution >= 4 is 35.4 Å². The molecule has 53 heavy (non-hydrogen) atoms. The summed E-state index contributed by atoms with van der Waals surface area (Å²) in [6, 6.07) is 0. The number of carbonyl (C=O) groups is 3. The second kappa shape index (κ2) is 18.9. The number of phenolic OH excluding ortho intramolecular Hbond substituents is 1. The van der Waals surface area contributed by atoms with Crippen LogP contribution in [0.15, 0.2) is 41.2 Å². The van der Waals surface area contributed by atoms with Gasteiger partial charge < -0.3 is 54.6 Å². The number of fused-ring (bicyclic) bond motifs is 2. The minimum Gasteiger partial charge on any atom is -0.507 e. The van der Waals surface area contributed by atoms with E-state index in [4.69, 9.17) is 18.9 Å². The summed E-state index contributed by atoms with van der Waals surface area (Å²) in [6.07, 6.45) is 2.84. The fourth-order valence-electron chi connectivity index (χ4n) is 6.58. The Kier molecular flexibility index (Phi) is 15.2. The molecule has 2 aliphatic rings. The van der Waals surface area contributed by atoms with Crippen LogP contribution in [-0.2, 0) is 28.6 Å². The smallest absolute Gasteiger partial charge is 0.302 e. The number of aliphatic hydroxyl groups is 4. The molecule has 0 spiro atoms. The van der Waals surface area contributed by atoms with Crippen LogP contribution < -0.4 is 10.1 Å². The number of hydrogen-bond acceptors (Lipinski definition) is 14. The fourth-order valence-corrected chi connectivity index (χ4v) is 6.58. The van der Waals surface area contributed by atoms with Crippen molar-refractivity contribution < 1.29 is 63.7 Å². The van der Waals surface area contributed by atoms with Crippen molar-refractivity contribution in [1.29, 1.82) is 0 Å². The molecule has 0 aromatic heterocycles. The lowest BCUT2D eigenvalue weighted by Crippen LogP contribution is -2.47. The molecule has 1 aromatic rings. The predicted molar refractivity (Wildman–Crippen MR) is 195 cm³/mol. The van der Waals surface area contributed by atoms with Gasteiger partial charge in [-0.3, -0.25) is 14.4 Å². The lowest BCUT2D eigenvalue weighted by Gasteiger charge is -2.38. The molecule has 15 nitrogen and oxygen atoms in total. The number of esters is 1. The second-order valence-electron chi connectivity index (χ2n) is 13.4. The maximum Gasteiger partial charge on any atom is 0.302 e. The molecule has 0 saturated carbocycles. The first kappa shape index (κ1) is 42.7. The van der Waals surface area contributed by atoms with Crippen molar-refractivity contribution in [2.75, 3.05) is 20.8 Å². The van der Waals surface area contributed by atoms with Crippen molar-refractivity contribution in [2.24, 2.45) is 28.8 Å². The van der Waals surface area contributed by atoms with E-state index in [2.05, 4.69) is 15.3 Å². The molecule has 9 atom stereocenters. The molecule has 0 aliphatic carbocycles. The quantitative estimate of drug-likeness (QED) is 0.108. The number of Topliss-reactive ketones (excluding diaryl/α,β-unsaturated/α-hetero) is 1. The van der Waals surface area contributed by atoms with Gasteiger partial charge in [-0.2, -0.15) is 0 Å². The molecule has 3 rings (SSSR count). The summed E-state index contributed by atoms with van der Waals surface area (Å²) in [5.74, 6) is -6.19. The first-order valence-corrected chi connectivity index (χ1v) is 17.3. The van der Waals surface area contributed by atoms with Crippen molar-refractivity contribution in [3.05, 3.63) is 58.3 Å². The highest BCUT2D eigenvalue weighted by atomic mass is 16.7. The first-order chi connectivity index (χ1) is 25.0. The lowest BCUT2D eigenvalue weighted by atomic mass is 9.78. The summed E-state index contributed by atoms with van der Waals surface area (Å²) < 4.78 is 23.2. The summed E-state index contributed by atoms with van der Waals surface area (Å²) in [7, 11) is 2.75. The van der Waals surface area contributed by atoms with E-state index >= 15 is 0 Å². The minimum absolute atomic E-state index is 0.0419. The highest BCUT2D eigenvalue weighted by Gasteiger charge is 2.43. The third-order valence-electron chi connectivity index (χ3n) is 9.77. The molecule has 0 unspecified atom stereocenters. The third-order valence-corrected chi connectivity index (χ3v) is 9.77. The highest BCUT2D eigenvalue weighted by Crippen LogP contribution is 2.47. The van der Waals surface area contributed by atoms with Crippen molar-refractivity contribution in [3.8, 4) is 11.5 Å². The van der Waals surface area contributed by atoms with Crippen LogP contribution in [0.1, 0.15) is 75.0 Å². The SMILES string of the molecule is CO/N=C/C=C(\O)c1c2c3c(C)c(O)c1/C(O)=C/NC(=O)/C(C)=C\C=C\[C@H](C)[C@H](O)[C@@H](C)[C@@H](O)[C@@H](C)[C@H](OC(C)=O)[C@H](C)[C@@H](OC)CCO[C@@H](O3)C2=O. The summed E-state index contributed by atoms with van der Waals surface area (Å²) in [5, 5.41) is 62.2. The number of allylic oxidation sites excluding steroid dienone is 3. The van der Waals surface area contributed by atoms with Gasteiger partial charge in [0.2, 0.25) is 5.78 Å². The average molecular weight is 745 g/mol. The van der Waals surface area contributed by atoms with Gasteiger partial charge >= 0.3 is 5.97 Å². The highest BCUT2D eigenvalue weighted by molar-refractivity contribution is 6.10. The number of aromatic hydroxyl groups is 1. The Morgan fingerprint density at radius 3 is 2.32 bits per heavy atom. The number of nitrogens with one attached hydrogen (secondary N) is 1. The zero-order chi connectivity index (χ0) is 39.7. The molecule has 15 heteroatoms. The average Bonchev–Trinajstić information content (AvgIpc) is 3.45. The molecular weight excluding hydrogens is 692 g/mol. The van der Waals surface area contributed by atoms with Crippen molar-refractivity contribution in [3.63, 3.8) is 0 Å². The number of phenols is 1. The van der Waals surface area contributed by atoms with Gasteiger partial charge in [0, 0.05) is 66.7 Å². The van der Waals surface area contributed by atoms with Gasteiger partial charge in [-0.05, 0) is 20.3 Å². The number of oxime groups is 1. The molecule has 6 N–H and O–H groups in total. The number of methoxy groups -OCH3 is 1. The van der Waals surface area contributed by atoms with E-state index in [0.717, 1.165) is 18.5 Å². The van der Waals surface area contributed by atoms with E-state index in [1.54, 1.807) is 39.8 Å². The molecule has 1 amide bonds. The van der Waals surface area contributed by atoms with E-state index in [0.29, 0.717) is 0 Å². The molecule has 0 radical (unpaired) electrons. The zero-order valence-electron chi connectivity index (χ0n) is 31.5. The van der Waals surface area contributed by atoms with Crippen molar-refractivity contribution in [2.45, 2.75) is 85.6 Å². The Bertz CT molecular complexity index is 1660. The Labute approximate surface area is 309 Å². The van der Waals surface area contributed by atoms with Crippen LogP contribution in [0, 0.1) is 30.6 Å². The number of carbonyl (C=O) groups excluding carboxylic acids is 3. The molecule has 0 fully saturated rings. The van der Waals surface area contributed by atoms with Crippen molar-refractivity contribution in [1.82, 2.24) is 5.32 Å². The van der Waals surface area contributed by atoms with E-state index < -0.39 is 89.3 Å². The van der Waals surface area contributed by atoms with E-state index in [-0.39, 0.29) is 46.6 Å². The first-order valence-electron chi connectivity index (χ1n) is 17.3. The van der Waals surface area contributed by atoms with Gasteiger partial charge in [0.15, 0.2) is 0 Å². The van der Waals surface area contributed by atoms with E-state index in [1.807, 2.05) is 0 Å². The van der Waals surface area contributed by atoms with Crippen LogP contribution in [0.5, 0.6) is 11.5 Å². The summed E-state index contributed by atoms with van der Waals surface area (Å²) in [6.45, 7) is 11.1. The number of amides is 1. The molecule has 2 heterocycles. The number of benzene rings is 1. The lowest BCUT2D eigenvalue weighted by molar-refractivity contribution is -0.162. The van der Waals surface area contributed by atoms with Crippen LogP contribution in [0.3, 0.4) is 0 Å². The van der Waals surface area contributed by atoms with Crippen LogP contribution >= 0.6 is 0 Å². The monoisotopic (exact) mass is 744 g/mol. The summed E-state index contributed by atoms with van der Waals surface area (Å²) in [5.41, 5.74) is -0.670. The molecular formula is C38H52N2O13. The Morgan fingerprint density at radius 2 is 1.70 bits per heavy atom. The number of nitrogens with zero attached hydrogens (tertiary/aromatic N) is 1. The fraction of sp³-hybridized carbons (Fsp3) is 0.526. The largest absolute Gasteiger partial charge is 0.507 e. The van der Waals surface area contributed by atoms with Gasteiger partial charge in [0.25, 0.3) is 12.2 Å². The second-order valence-corrected chi connectivity index (χ2v) is 13.4. The van der Waals surface area contributed by atoms with E-state index in [1.165, 1.54) is 41.1 Å². The summed E-state index contributed by atoms with van der Waals surface area (Å²) in [4.78, 5) is 43.7. The van der Waals surface area contributed by atoms with E-state index in [9.17, 15) is 39.9 Å². The molecule has 3 bridgehead atoms. The Balaban J connectivity index is 2.18. The zero-order valence-corrected chi connectivity index (χ0v) is 31.5. The van der Waals surface area contributed by atoms with Gasteiger partial charge in [-0.1, -0.05) is 51.1 Å². The topological polar surface area (TPSA) is 223 Å². The summed E-state index contributed by atoms with van der Waals surface area (Å²) >= 11 is 0. The standard InChI is InChI=1S/C38H52N2O13/c1-18-11-10-12-19(2)37(48)39-17-26(43)29-28(25(42)13-15-40-50-9)30-34(47)38(53-36(30)23(6)33(29)46)51-16-14-27(49-8)20(3)35(52-24(7)41)22(5)32(45)21(4)31(18)44/h10-13,15,17-18,20-22,27,31-32,35,38,42-46H,14,16H2,1-9H3,(H,39,48)/b11-10+,19-12-,25-13-,26-17-,40-15+/t18-,20+,21+,22+,27-,31-,32+,35+,38-/m0/s1.